The second kappa shape index (κ2) is 5.64. The first-order valence-corrected chi connectivity index (χ1v) is 6.41. The van der Waals surface area contributed by atoms with Gasteiger partial charge in [-0.2, -0.15) is 0 Å². The third kappa shape index (κ3) is 2.55. The lowest BCUT2D eigenvalue weighted by molar-refractivity contribution is -0.125. The van der Waals surface area contributed by atoms with Gasteiger partial charge in [0.25, 0.3) is 5.91 Å². The quantitative estimate of drug-likeness (QED) is 0.783. The van der Waals surface area contributed by atoms with Crippen LogP contribution in [0.4, 0.5) is 13.2 Å². The molecular formula is C14H14F3NO2. The molecule has 1 aromatic rings. The van der Waals surface area contributed by atoms with Crippen molar-refractivity contribution in [3.05, 3.63) is 35.1 Å². The van der Waals surface area contributed by atoms with Crippen LogP contribution in [-0.2, 0) is 4.79 Å². The number of benzene rings is 1. The van der Waals surface area contributed by atoms with Crippen LogP contribution >= 0.6 is 0 Å². The maximum Gasteiger partial charge on any atom is 0.256 e. The van der Waals surface area contributed by atoms with Gasteiger partial charge in [0.1, 0.15) is 5.78 Å². The predicted octanol–water partition coefficient (Wildman–Crippen LogP) is 2.55. The van der Waals surface area contributed by atoms with Crippen molar-refractivity contribution in [2.24, 2.45) is 5.92 Å². The summed E-state index contributed by atoms with van der Waals surface area (Å²) in [7, 11) is 0. The molecule has 0 aliphatic carbocycles. The number of rotatable bonds is 2. The highest BCUT2D eigenvalue weighted by atomic mass is 19.2. The third-order valence-electron chi connectivity index (χ3n) is 3.57. The first-order valence-electron chi connectivity index (χ1n) is 6.41. The maximum absolute atomic E-state index is 13.6. The number of nitrogens with zero attached hydrogens (tertiary/aromatic N) is 1. The molecule has 20 heavy (non-hydrogen) atoms. The first kappa shape index (κ1) is 14.6. The fraction of sp³-hybridized carbons (Fsp3) is 0.429. The Morgan fingerprint density at radius 1 is 1.30 bits per heavy atom. The van der Waals surface area contributed by atoms with Crippen molar-refractivity contribution in [2.45, 2.75) is 19.8 Å². The number of Topliss-reactive ketones (excluding diaryl/α,β-unsaturated/α-hetero) is 1. The van der Waals surface area contributed by atoms with Crippen LogP contribution in [0.1, 0.15) is 30.1 Å². The van der Waals surface area contributed by atoms with Gasteiger partial charge in [-0.25, -0.2) is 13.2 Å². The summed E-state index contributed by atoms with van der Waals surface area (Å²) in [6.45, 7) is 2.19. The minimum absolute atomic E-state index is 0.0716. The van der Waals surface area contributed by atoms with Crippen LogP contribution in [0.25, 0.3) is 0 Å². The van der Waals surface area contributed by atoms with Gasteiger partial charge in [-0.3, -0.25) is 9.59 Å². The van der Waals surface area contributed by atoms with Crippen molar-refractivity contribution in [1.29, 1.82) is 0 Å². The molecule has 1 aliphatic heterocycles. The number of halogens is 3. The minimum Gasteiger partial charge on any atom is -0.337 e. The van der Waals surface area contributed by atoms with Crippen molar-refractivity contribution < 1.29 is 22.8 Å². The Morgan fingerprint density at radius 3 is 2.65 bits per heavy atom. The van der Waals surface area contributed by atoms with Crippen LogP contribution in [-0.4, -0.2) is 29.7 Å². The van der Waals surface area contributed by atoms with E-state index < -0.39 is 28.9 Å². The molecule has 1 aliphatic rings. The fourth-order valence-corrected chi connectivity index (χ4v) is 2.31. The molecule has 108 valence electrons. The maximum atomic E-state index is 13.6. The predicted molar refractivity (Wildman–Crippen MR) is 65.6 cm³/mol. The summed E-state index contributed by atoms with van der Waals surface area (Å²) in [5.41, 5.74) is -0.506. The summed E-state index contributed by atoms with van der Waals surface area (Å²) in [4.78, 5) is 25.0. The Balaban J connectivity index is 2.24. The van der Waals surface area contributed by atoms with Crippen molar-refractivity contribution in [3.63, 3.8) is 0 Å². The van der Waals surface area contributed by atoms with E-state index in [9.17, 15) is 22.8 Å². The average Bonchev–Trinajstić information content (AvgIpc) is 2.45. The zero-order chi connectivity index (χ0) is 14.9. The van der Waals surface area contributed by atoms with Gasteiger partial charge in [-0.15, -0.1) is 0 Å². The number of likely N-dealkylation sites (tertiary alicyclic amines) is 1. The Morgan fingerprint density at radius 2 is 2.00 bits per heavy atom. The molecule has 0 N–H and O–H groups in total. The molecule has 0 radical (unpaired) electrons. The molecule has 1 atom stereocenters. The van der Waals surface area contributed by atoms with E-state index in [2.05, 4.69) is 0 Å². The van der Waals surface area contributed by atoms with Gasteiger partial charge < -0.3 is 4.90 Å². The Labute approximate surface area is 114 Å². The lowest BCUT2D eigenvalue weighted by Crippen LogP contribution is -2.44. The third-order valence-corrected chi connectivity index (χ3v) is 3.57. The Hall–Kier alpha value is -1.85. The molecule has 1 unspecified atom stereocenters. The number of carbonyl (C=O) groups excluding carboxylic acids is 2. The zero-order valence-corrected chi connectivity index (χ0v) is 11.0. The first-order chi connectivity index (χ1) is 9.45. The van der Waals surface area contributed by atoms with E-state index in [0.717, 1.165) is 12.1 Å². The van der Waals surface area contributed by atoms with Crippen LogP contribution in [0.2, 0.25) is 0 Å². The molecule has 1 amide bonds. The standard InChI is InChI=1S/C14H14F3NO2/c1-2-8-7-18(6-5-11(8)19)14(20)9-3-4-10(15)13(17)12(9)16/h3-4,8H,2,5-7H2,1H3. The van der Waals surface area contributed by atoms with Crippen LogP contribution < -0.4 is 0 Å². The number of ketones is 1. The molecule has 0 saturated carbocycles. The van der Waals surface area contributed by atoms with Gasteiger partial charge in [0, 0.05) is 25.4 Å². The van der Waals surface area contributed by atoms with Crippen molar-refractivity contribution in [1.82, 2.24) is 4.90 Å². The Kier molecular flexibility index (Phi) is 4.11. The van der Waals surface area contributed by atoms with Crippen molar-refractivity contribution in [2.75, 3.05) is 13.1 Å². The van der Waals surface area contributed by atoms with E-state index in [1.54, 1.807) is 0 Å². The van der Waals surface area contributed by atoms with Gasteiger partial charge in [0.2, 0.25) is 0 Å². The van der Waals surface area contributed by atoms with E-state index in [-0.39, 0.29) is 31.2 Å². The number of piperidine rings is 1. The molecule has 2 rings (SSSR count). The second-order valence-corrected chi connectivity index (χ2v) is 4.80. The number of hydrogen-bond acceptors (Lipinski definition) is 2. The van der Waals surface area contributed by atoms with Crippen molar-refractivity contribution >= 4 is 11.7 Å². The Bertz CT molecular complexity index is 560. The summed E-state index contributed by atoms with van der Waals surface area (Å²) >= 11 is 0. The SMILES string of the molecule is CCC1CN(C(=O)c2ccc(F)c(F)c2F)CCC1=O. The van der Waals surface area contributed by atoms with Crippen LogP contribution in [0.15, 0.2) is 12.1 Å². The lowest BCUT2D eigenvalue weighted by atomic mass is 9.93. The highest BCUT2D eigenvalue weighted by Gasteiger charge is 2.31. The summed E-state index contributed by atoms with van der Waals surface area (Å²) in [6, 6.07) is 1.64. The van der Waals surface area contributed by atoms with Crippen LogP contribution in [0.3, 0.4) is 0 Å². The highest BCUT2D eigenvalue weighted by molar-refractivity contribution is 5.96. The molecule has 3 nitrogen and oxygen atoms in total. The number of carbonyl (C=O) groups is 2. The molecule has 1 aromatic carbocycles. The summed E-state index contributed by atoms with van der Waals surface area (Å²) in [5.74, 6) is -5.40. The van der Waals surface area contributed by atoms with E-state index in [1.807, 2.05) is 6.92 Å². The van der Waals surface area contributed by atoms with E-state index in [4.69, 9.17) is 0 Å². The summed E-state index contributed by atoms with van der Waals surface area (Å²) < 4.78 is 39.6. The molecule has 1 fully saturated rings. The van der Waals surface area contributed by atoms with E-state index >= 15 is 0 Å². The highest BCUT2D eigenvalue weighted by Crippen LogP contribution is 2.21. The zero-order valence-electron chi connectivity index (χ0n) is 11.0. The van der Waals surface area contributed by atoms with Crippen LogP contribution in [0, 0.1) is 23.4 Å². The largest absolute Gasteiger partial charge is 0.337 e. The molecule has 0 aromatic heterocycles. The molecule has 1 heterocycles. The van der Waals surface area contributed by atoms with Gasteiger partial charge >= 0.3 is 0 Å². The van der Waals surface area contributed by atoms with E-state index in [0.29, 0.717) is 6.42 Å². The monoisotopic (exact) mass is 285 g/mol. The fourth-order valence-electron chi connectivity index (χ4n) is 2.31. The van der Waals surface area contributed by atoms with Gasteiger partial charge in [0.15, 0.2) is 17.5 Å². The smallest absolute Gasteiger partial charge is 0.256 e. The number of amides is 1. The van der Waals surface area contributed by atoms with Crippen LogP contribution in [0.5, 0.6) is 0 Å². The topological polar surface area (TPSA) is 37.4 Å². The summed E-state index contributed by atoms with van der Waals surface area (Å²) in [6.07, 6.45) is 0.790. The number of hydrogen-bond donors (Lipinski definition) is 0. The molecule has 6 heteroatoms. The molecular weight excluding hydrogens is 271 g/mol. The molecule has 1 saturated heterocycles. The van der Waals surface area contributed by atoms with Gasteiger partial charge in [-0.05, 0) is 18.6 Å². The second-order valence-electron chi connectivity index (χ2n) is 4.80. The van der Waals surface area contributed by atoms with Gasteiger partial charge in [0.05, 0.1) is 5.56 Å². The van der Waals surface area contributed by atoms with Gasteiger partial charge in [-0.1, -0.05) is 6.92 Å². The molecule has 0 spiro atoms. The average molecular weight is 285 g/mol. The van der Waals surface area contributed by atoms with E-state index in [1.165, 1.54) is 4.90 Å². The lowest BCUT2D eigenvalue weighted by Gasteiger charge is -2.31. The molecule has 0 bridgehead atoms. The summed E-state index contributed by atoms with van der Waals surface area (Å²) in [5, 5.41) is 0. The van der Waals surface area contributed by atoms with Crippen molar-refractivity contribution in [3.8, 4) is 0 Å². The normalized spacial score (nSPS) is 19.3. The minimum atomic E-state index is -1.66.